The molecule has 52 valence electrons. The van der Waals surface area contributed by atoms with Gasteiger partial charge in [-0.1, -0.05) is 13.0 Å². The maximum Gasteiger partial charge on any atom is 0.104 e. The van der Waals surface area contributed by atoms with Gasteiger partial charge < -0.3 is 4.84 Å². The predicted octanol–water partition coefficient (Wildman–Crippen LogP) is 1.55. The lowest BCUT2D eigenvalue weighted by Gasteiger charge is -2.23. The van der Waals surface area contributed by atoms with Crippen LogP contribution in [-0.2, 0) is 4.84 Å². The van der Waals surface area contributed by atoms with E-state index in [0.29, 0.717) is 0 Å². The van der Waals surface area contributed by atoms with Crippen LogP contribution in [0.25, 0.3) is 0 Å². The first-order valence-corrected chi connectivity index (χ1v) is 3.46. The van der Waals surface area contributed by atoms with Crippen molar-refractivity contribution in [3.63, 3.8) is 0 Å². The van der Waals surface area contributed by atoms with Gasteiger partial charge in [0.15, 0.2) is 0 Å². The number of hydroxylamine groups is 2. The van der Waals surface area contributed by atoms with Gasteiger partial charge in [0.1, 0.15) is 6.26 Å². The van der Waals surface area contributed by atoms with Gasteiger partial charge in [0, 0.05) is 13.1 Å². The summed E-state index contributed by atoms with van der Waals surface area (Å²) in [5, 5.41) is 1.95. The molecule has 0 aromatic carbocycles. The van der Waals surface area contributed by atoms with E-state index in [1.165, 1.54) is 25.5 Å². The first kappa shape index (κ1) is 6.62. The van der Waals surface area contributed by atoms with Crippen molar-refractivity contribution >= 4 is 0 Å². The van der Waals surface area contributed by atoms with E-state index in [1.807, 2.05) is 5.06 Å². The maximum absolute atomic E-state index is 5.08. The van der Waals surface area contributed by atoms with Crippen molar-refractivity contribution in [3.8, 4) is 0 Å². The van der Waals surface area contributed by atoms with E-state index >= 15 is 0 Å². The highest BCUT2D eigenvalue weighted by atomic mass is 16.7. The third-order valence-electron chi connectivity index (χ3n) is 1.54. The van der Waals surface area contributed by atoms with Gasteiger partial charge in [0.2, 0.25) is 0 Å². The number of hydrogen-bond acceptors (Lipinski definition) is 2. The zero-order chi connectivity index (χ0) is 6.53. The highest BCUT2D eigenvalue weighted by Gasteiger charge is 2.08. The van der Waals surface area contributed by atoms with E-state index in [-0.39, 0.29) is 0 Å². The quantitative estimate of drug-likeness (QED) is 0.522. The summed E-state index contributed by atoms with van der Waals surface area (Å²) in [4.78, 5) is 5.08. The molecular weight excluding hydrogens is 114 g/mol. The van der Waals surface area contributed by atoms with Gasteiger partial charge in [-0.05, 0) is 12.8 Å². The Balaban J connectivity index is 2.15. The molecule has 1 fully saturated rings. The molecule has 0 unspecified atom stereocenters. The van der Waals surface area contributed by atoms with Crippen LogP contribution in [0.15, 0.2) is 12.8 Å². The van der Waals surface area contributed by atoms with Crippen molar-refractivity contribution < 1.29 is 4.84 Å². The highest BCUT2D eigenvalue weighted by molar-refractivity contribution is 4.58. The lowest BCUT2D eigenvalue weighted by molar-refractivity contribution is -0.114. The molecule has 1 saturated heterocycles. The summed E-state index contributed by atoms with van der Waals surface area (Å²) in [5.41, 5.74) is 0. The molecule has 1 rings (SSSR count). The van der Waals surface area contributed by atoms with Gasteiger partial charge in [0.25, 0.3) is 0 Å². The summed E-state index contributed by atoms with van der Waals surface area (Å²) in [6, 6.07) is 0. The Morgan fingerprint density at radius 1 is 1.22 bits per heavy atom. The summed E-state index contributed by atoms with van der Waals surface area (Å²) in [6.45, 7) is 5.61. The van der Waals surface area contributed by atoms with Gasteiger partial charge in [-0.25, -0.2) is 0 Å². The fourth-order valence-corrected chi connectivity index (χ4v) is 1.08. The Labute approximate surface area is 56.1 Å². The van der Waals surface area contributed by atoms with E-state index in [9.17, 15) is 0 Å². The van der Waals surface area contributed by atoms with Crippen LogP contribution >= 0.6 is 0 Å². The van der Waals surface area contributed by atoms with Crippen LogP contribution in [0.2, 0.25) is 0 Å². The molecule has 0 aliphatic carbocycles. The Morgan fingerprint density at radius 3 is 2.44 bits per heavy atom. The Morgan fingerprint density at radius 2 is 1.89 bits per heavy atom. The maximum atomic E-state index is 5.08. The average Bonchev–Trinajstić information content (AvgIpc) is 1.91. The van der Waals surface area contributed by atoms with Gasteiger partial charge in [-0.2, -0.15) is 0 Å². The van der Waals surface area contributed by atoms with Crippen molar-refractivity contribution in [1.82, 2.24) is 5.06 Å². The second kappa shape index (κ2) is 3.51. The third-order valence-corrected chi connectivity index (χ3v) is 1.54. The van der Waals surface area contributed by atoms with E-state index in [1.54, 1.807) is 0 Å². The average molecular weight is 127 g/mol. The Bertz CT molecular complexity index is 86.9. The zero-order valence-electron chi connectivity index (χ0n) is 5.68. The van der Waals surface area contributed by atoms with Crippen molar-refractivity contribution in [2.24, 2.45) is 0 Å². The molecule has 0 aromatic rings. The minimum absolute atomic E-state index is 1.06. The molecule has 0 aromatic heterocycles. The van der Waals surface area contributed by atoms with E-state index in [2.05, 4.69) is 6.58 Å². The van der Waals surface area contributed by atoms with Crippen LogP contribution < -0.4 is 0 Å². The SMILES string of the molecule is C=CON1CCCCC1. The summed E-state index contributed by atoms with van der Waals surface area (Å²) < 4.78 is 0. The molecule has 0 N–H and O–H groups in total. The molecule has 2 heteroatoms. The van der Waals surface area contributed by atoms with Crippen LogP contribution in [0.3, 0.4) is 0 Å². The number of rotatable bonds is 2. The fraction of sp³-hybridized carbons (Fsp3) is 0.714. The molecule has 0 saturated carbocycles. The second-order valence-corrected chi connectivity index (χ2v) is 2.26. The van der Waals surface area contributed by atoms with Crippen LogP contribution in [0.4, 0.5) is 0 Å². The summed E-state index contributed by atoms with van der Waals surface area (Å²) in [6.07, 6.45) is 5.35. The van der Waals surface area contributed by atoms with E-state index < -0.39 is 0 Å². The van der Waals surface area contributed by atoms with Crippen LogP contribution in [0.1, 0.15) is 19.3 Å². The molecule has 2 nitrogen and oxygen atoms in total. The normalized spacial score (nSPS) is 21.3. The molecule has 1 aliphatic heterocycles. The van der Waals surface area contributed by atoms with Gasteiger partial charge in [-0.15, -0.1) is 5.06 Å². The van der Waals surface area contributed by atoms with E-state index in [4.69, 9.17) is 4.84 Å². The zero-order valence-corrected chi connectivity index (χ0v) is 5.68. The molecular formula is C7H13NO. The minimum atomic E-state index is 1.06. The smallest absolute Gasteiger partial charge is 0.104 e. The Kier molecular flexibility index (Phi) is 2.58. The monoisotopic (exact) mass is 127 g/mol. The number of hydrogen-bond donors (Lipinski definition) is 0. The third kappa shape index (κ3) is 2.06. The molecule has 0 amide bonds. The van der Waals surface area contributed by atoms with E-state index in [0.717, 1.165) is 13.1 Å². The molecule has 0 bridgehead atoms. The fourth-order valence-electron chi connectivity index (χ4n) is 1.08. The second-order valence-electron chi connectivity index (χ2n) is 2.26. The van der Waals surface area contributed by atoms with Gasteiger partial charge in [0.05, 0.1) is 0 Å². The van der Waals surface area contributed by atoms with Crippen molar-refractivity contribution in [2.45, 2.75) is 19.3 Å². The lowest BCUT2D eigenvalue weighted by Crippen LogP contribution is -2.27. The summed E-state index contributed by atoms with van der Waals surface area (Å²) in [5.74, 6) is 0. The van der Waals surface area contributed by atoms with Gasteiger partial charge in [-0.3, -0.25) is 0 Å². The topological polar surface area (TPSA) is 12.5 Å². The minimum Gasteiger partial charge on any atom is -0.414 e. The Hall–Kier alpha value is -0.500. The van der Waals surface area contributed by atoms with Crippen molar-refractivity contribution in [1.29, 1.82) is 0 Å². The summed E-state index contributed by atoms with van der Waals surface area (Å²) in [7, 11) is 0. The molecule has 1 aliphatic rings. The highest BCUT2D eigenvalue weighted by Crippen LogP contribution is 2.08. The van der Waals surface area contributed by atoms with Crippen molar-refractivity contribution in [3.05, 3.63) is 12.8 Å². The summed E-state index contributed by atoms with van der Waals surface area (Å²) >= 11 is 0. The van der Waals surface area contributed by atoms with Crippen LogP contribution in [0.5, 0.6) is 0 Å². The number of piperidine rings is 1. The van der Waals surface area contributed by atoms with Crippen molar-refractivity contribution in [2.75, 3.05) is 13.1 Å². The molecule has 0 atom stereocenters. The molecule has 1 heterocycles. The predicted molar refractivity (Wildman–Crippen MR) is 36.7 cm³/mol. The van der Waals surface area contributed by atoms with Crippen LogP contribution in [0, 0.1) is 0 Å². The molecule has 9 heavy (non-hydrogen) atoms. The largest absolute Gasteiger partial charge is 0.414 e. The molecule has 0 radical (unpaired) electrons. The first-order valence-electron chi connectivity index (χ1n) is 3.46. The standard InChI is InChI=1S/C7H13NO/c1-2-9-8-6-4-3-5-7-8/h2H,1,3-7H2. The lowest BCUT2D eigenvalue weighted by atomic mass is 10.2. The van der Waals surface area contributed by atoms with Gasteiger partial charge >= 0.3 is 0 Å². The van der Waals surface area contributed by atoms with Crippen LogP contribution in [-0.4, -0.2) is 18.2 Å². The number of nitrogens with zero attached hydrogens (tertiary/aromatic N) is 1. The molecule has 0 spiro atoms. The first-order chi connectivity index (χ1) is 4.43.